The van der Waals surface area contributed by atoms with Crippen LogP contribution in [0.5, 0.6) is 5.88 Å². The maximum Gasteiger partial charge on any atom is 0.216 e. The summed E-state index contributed by atoms with van der Waals surface area (Å²) in [5, 5.41) is 0. The number of hydrogen-bond acceptors (Lipinski definition) is 3. The zero-order valence-electron chi connectivity index (χ0n) is 10.1. The van der Waals surface area contributed by atoms with Crippen LogP contribution in [-0.4, -0.2) is 21.4 Å². The van der Waals surface area contributed by atoms with Gasteiger partial charge in [0, 0.05) is 16.8 Å². The van der Waals surface area contributed by atoms with E-state index in [1.54, 1.807) is 6.33 Å². The van der Waals surface area contributed by atoms with Gasteiger partial charge in [0.05, 0.1) is 12.3 Å². The highest BCUT2D eigenvalue weighted by molar-refractivity contribution is 9.09. The zero-order valence-corrected chi connectivity index (χ0v) is 11.7. The SMILES string of the molecule is CCCOc1cc(C(C)C(Br)CC)ncn1. The summed E-state index contributed by atoms with van der Waals surface area (Å²) in [6, 6.07) is 1.93. The summed E-state index contributed by atoms with van der Waals surface area (Å²) in [5.41, 5.74) is 1.03. The van der Waals surface area contributed by atoms with E-state index in [0.29, 0.717) is 23.2 Å². The molecule has 2 atom stereocenters. The van der Waals surface area contributed by atoms with Crippen LogP contribution in [0.25, 0.3) is 0 Å². The topological polar surface area (TPSA) is 35.0 Å². The molecular weight excluding hydrogens is 268 g/mol. The number of halogens is 1. The van der Waals surface area contributed by atoms with Crippen LogP contribution in [0.15, 0.2) is 12.4 Å². The Balaban J connectivity index is 2.73. The number of hydrogen-bond donors (Lipinski definition) is 0. The van der Waals surface area contributed by atoms with E-state index in [-0.39, 0.29) is 0 Å². The number of aromatic nitrogens is 2. The summed E-state index contributed by atoms with van der Waals surface area (Å²) in [5.74, 6) is 1.05. The summed E-state index contributed by atoms with van der Waals surface area (Å²) in [4.78, 5) is 8.84. The Morgan fingerprint density at radius 2 is 2.12 bits per heavy atom. The Morgan fingerprint density at radius 3 is 2.75 bits per heavy atom. The van der Waals surface area contributed by atoms with Crippen molar-refractivity contribution in [2.45, 2.75) is 44.4 Å². The van der Waals surface area contributed by atoms with Crippen molar-refractivity contribution in [2.75, 3.05) is 6.61 Å². The second-order valence-corrected chi connectivity index (χ2v) is 5.02. The van der Waals surface area contributed by atoms with Crippen molar-refractivity contribution in [3.05, 3.63) is 18.1 Å². The Morgan fingerprint density at radius 1 is 1.38 bits per heavy atom. The third-order valence-electron chi connectivity index (χ3n) is 2.52. The molecule has 1 rings (SSSR count). The molecule has 0 aliphatic rings. The van der Waals surface area contributed by atoms with Crippen molar-refractivity contribution in [3.8, 4) is 5.88 Å². The number of ether oxygens (including phenoxy) is 1. The van der Waals surface area contributed by atoms with E-state index in [1.165, 1.54) is 0 Å². The van der Waals surface area contributed by atoms with E-state index in [0.717, 1.165) is 18.5 Å². The molecule has 0 radical (unpaired) electrons. The van der Waals surface area contributed by atoms with Crippen molar-refractivity contribution >= 4 is 15.9 Å². The van der Waals surface area contributed by atoms with E-state index in [9.17, 15) is 0 Å². The molecule has 0 saturated heterocycles. The van der Waals surface area contributed by atoms with Crippen molar-refractivity contribution in [1.82, 2.24) is 9.97 Å². The fraction of sp³-hybridized carbons (Fsp3) is 0.667. The average Bonchev–Trinajstić information content (AvgIpc) is 2.34. The second-order valence-electron chi connectivity index (χ2n) is 3.84. The standard InChI is InChI=1S/C12H19BrN2O/c1-4-6-16-12-7-11(14-8-15-12)9(3)10(13)5-2/h7-10H,4-6H2,1-3H3. The monoisotopic (exact) mass is 286 g/mol. The van der Waals surface area contributed by atoms with Gasteiger partial charge in [0.25, 0.3) is 0 Å². The van der Waals surface area contributed by atoms with E-state index < -0.39 is 0 Å². The fourth-order valence-electron chi connectivity index (χ4n) is 1.43. The molecule has 0 aliphatic heterocycles. The maximum absolute atomic E-state index is 5.49. The molecule has 16 heavy (non-hydrogen) atoms. The van der Waals surface area contributed by atoms with Crippen LogP contribution in [0, 0.1) is 0 Å². The lowest BCUT2D eigenvalue weighted by Gasteiger charge is -2.16. The predicted molar refractivity (Wildman–Crippen MR) is 69.2 cm³/mol. The Hall–Kier alpha value is -0.640. The number of alkyl halides is 1. The third kappa shape index (κ3) is 3.74. The lowest BCUT2D eigenvalue weighted by atomic mass is 10.0. The van der Waals surface area contributed by atoms with Crippen LogP contribution in [0.1, 0.15) is 45.2 Å². The number of nitrogens with zero attached hydrogens (tertiary/aromatic N) is 2. The van der Waals surface area contributed by atoms with Gasteiger partial charge in [-0.15, -0.1) is 0 Å². The van der Waals surface area contributed by atoms with Gasteiger partial charge in [0.2, 0.25) is 5.88 Å². The van der Waals surface area contributed by atoms with Crippen LogP contribution < -0.4 is 4.74 Å². The summed E-state index contributed by atoms with van der Waals surface area (Å²) >= 11 is 3.65. The number of rotatable bonds is 6. The summed E-state index contributed by atoms with van der Waals surface area (Å²) in [7, 11) is 0. The molecule has 0 amide bonds. The third-order valence-corrected chi connectivity index (χ3v) is 3.96. The van der Waals surface area contributed by atoms with E-state index in [4.69, 9.17) is 4.74 Å². The minimum absolute atomic E-state index is 0.372. The molecule has 3 nitrogen and oxygen atoms in total. The van der Waals surface area contributed by atoms with Gasteiger partial charge in [-0.2, -0.15) is 0 Å². The van der Waals surface area contributed by atoms with Crippen molar-refractivity contribution in [3.63, 3.8) is 0 Å². The molecule has 0 fully saturated rings. The molecule has 0 spiro atoms. The van der Waals surface area contributed by atoms with E-state index in [2.05, 4.69) is 46.7 Å². The smallest absolute Gasteiger partial charge is 0.216 e. The van der Waals surface area contributed by atoms with Gasteiger partial charge in [-0.05, 0) is 12.8 Å². The molecular formula is C12H19BrN2O. The van der Waals surface area contributed by atoms with Crippen LogP contribution >= 0.6 is 15.9 Å². The van der Waals surface area contributed by atoms with Crippen molar-refractivity contribution in [2.24, 2.45) is 0 Å². The first-order valence-electron chi connectivity index (χ1n) is 5.77. The Kier molecular flexibility index (Phi) is 5.74. The molecule has 0 saturated carbocycles. The highest BCUT2D eigenvalue weighted by Gasteiger charge is 2.16. The van der Waals surface area contributed by atoms with E-state index in [1.807, 2.05) is 6.07 Å². The second kappa shape index (κ2) is 6.84. The quantitative estimate of drug-likeness (QED) is 0.751. The average molecular weight is 287 g/mol. The predicted octanol–water partition coefficient (Wildman–Crippen LogP) is 3.54. The molecule has 0 aromatic carbocycles. The molecule has 2 unspecified atom stereocenters. The van der Waals surface area contributed by atoms with Crippen molar-refractivity contribution in [1.29, 1.82) is 0 Å². The minimum Gasteiger partial charge on any atom is -0.478 e. The van der Waals surface area contributed by atoms with Gasteiger partial charge in [-0.25, -0.2) is 9.97 Å². The van der Waals surface area contributed by atoms with Gasteiger partial charge in [-0.3, -0.25) is 0 Å². The lowest BCUT2D eigenvalue weighted by molar-refractivity contribution is 0.304. The van der Waals surface area contributed by atoms with Gasteiger partial charge in [0.1, 0.15) is 6.33 Å². The lowest BCUT2D eigenvalue weighted by Crippen LogP contribution is -2.10. The molecule has 1 aromatic heterocycles. The summed E-state index contributed by atoms with van der Waals surface area (Å²) in [6.07, 6.45) is 3.65. The molecule has 90 valence electrons. The molecule has 1 heterocycles. The first-order valence-corrected chi connectivity index (χ1v) is 6.69. The first-order chi connectivity index (χ1) is 7.69. The summed E-state index contributed by atoms with van der Waals surface area (Å²) in [6.45, 7) is 7.10. The van der Waals surface area contributed by atoms with Crippen LogP contribution in [-0.2, 0) is 0 Å². The van der Waals surface area contributed by atoms with E-state index >= 15 is 0 Å². The van der Waals surface area contributed by atoms with Gasteiger partial charge >= 0.3 is 0 Å². The van der Waals surface area contributed by atoms with Crippen LogP contribution in [0.3, 0.4) is 0 Å². The fourth-order valence-corrected chi connectivity index (χ4v) is 1.70. The molecule has 0 N–H and O–H groups in total. The maximum atomic E-state index is 5.49. The molecule has 0 aliphatic carbocycles. The normalized spacial score (nSPS) is 14.5. The first kappa shape index (κ1) is 13.4. The summed E-state index contributed by atoms with van der Waals surface area (Å²) < 4.78 is 5.49. The Labute approximate surface area is 106 Å². The minimum atomic E-state index is 0.372. The van der Waals surface area contributed by atoms with Crippen LogP contribution in [0.4, 0.5) is 0 Å². The zero-order chi connectivity index (χ0) is 12.0. The van der Waals surface area contributed by atoms with Crippen molar-refractivity contribution < 1.29 is 4.74 Å². The largest absolute Gasteiger partial charge is 0.478 e. The van der Waals surface area contributed by atoms with Gasteiger partial charge in [0.15, 0.2) is 0 Å². The Bertz CT molecular complexity index is 320. The molecule has 4 heteroatoms. The highest BCUT2D eigenvalue weighted by Crippen LogP contribution is 2.26. The van der Waals surface area contributed by atoms with Crippen LogP contribution in [0.2, 0.25) is 0 Å². The molecule has 1 aromatic rings. The molecule has 0 bridgehead atoms. The van der Waals surface area contributed by atoms with Gasteiger partial charge < -0.3 is 4.74 Å². The highest BCUT2D eigenvalue weighted by atomic mass is 79.9. The van der Waals surface area contributed by atoms with Gasteiger partial charge in [-0.1, -0.05) is 36.7 Å².